The van der Waals surface area contributed by atoms with Gasteiger partial charge in [0.25, 0.3) is 11.9 Å². The van der Waals surface area contributed by atoms with Crippen LogP contribution in [-0.4, -0.2) is 81.1 Å². The van der Waals surface area contributed by atoms with Crippen LogP contribution in [0.3, 0.4) is 0 Å². The third-order valence-corrected chi connectivity index (χ3v) is 7.61. The Kier molecular flexibility index (Phi) is 7.57. The van der Waals surface area contributed by atoms with E-state index in [1.165, 1.54) is 6.26 Å². The van der Waals surface area contributed by atoms with E-state index >= 15 is 0 Å². The van der Waals surface area contributed by atoms with Crippen LogP contribution in [0.2, 0.25) is 0 Å². The highest BCUT2D eigenvalue weighted by atomic mass is 79.9. The summed E-state index contributed by atoms with van der Waals surface area (Å²) in [6.45, 7) is 2.75. The number of carbonyl (C=O) groups excluding carboxylic acids is 1. The number of hydrogen-bond donors (Lipinski definition) is 2. The minimum Gasteiger partial charge on any atom is -0.431 e. The number of nitrogen functional groups attached to an aromatic ring is 1. The number of oxazole rings is 1. The van der Waals surface area contributed by atoms with Crippen LogP contribution >= 0.6 is 15.9 Å². The van der Waals surface area contributed by atoms with Crippen molar-refractivity contribution >= 4 is 49.2 Å². The number of rotatable bonds is 8. The van der Waals surface area contributed by atoms with E-state index in [0.717, 1.165) is 12.2 Å². The van der Waals surface area contributed by atoms with E-state index in [2.05, 4.69) is 31.1 Å². The largest absolute Gasteiger partial charge is 0.431 e. The number of nitrogens with two attached hydrogens (primary N) is 1. The van der Waals surface area contributed by atoms with Crippen molar-refractivity contribution in [3.05, 3.63) is 34.6 Å². The van der Waals surface area contributed by atoms with E-state index < -0.39 is 15.9 Å². The first-order valence-corrected chi connectivity index (χ1v) is 12.3. The lowest BCUT2D eigenvalue weighted by Crippen LogP contribution is -2.49. The maximum Gasteiger partial charge on any atom is 0.292 e. The predicted molar refractivity (Wildman–Crippen MR) is 124 cm³/mol. The molecule has 1 aromatic heterocycles. The highest BCUT2D eigenvalue weighted by molar-refractivity contribution is 9.10. The molecule has 1 amide bonds. The van der Waals surface area contributed by atoms with Crippen LogP contribution in [0.15, 0.2) is 33.4 Å². The lowest BCUT2D eigenvalue weighted by atomic mass is 10.2. The molecule has 0 spiro atoms. The van der Waals surface area contributed by atoms with Crippen molar-refractivity contribution < 1.29 is 17.6 Å². The van der Waals surface area contributed by atoms with Gasteiger partial charge in [0, 0.05) is 36.3 Å². The predicted octanol–water partition coefficient (Wildman–Crippen LogP) is 1.68. The first kappa shape index (κ1) is 23.5. The van der Waals surface area contributed by atoms with E-state index in [0.29, 0.717) is 42.8 Å². The van der Waals surface area contributed by atoms with Crippen LogP contribution in [-0.2, 0) is 10.0 Å². The average Bonchev–Trinajstić information content (AvgIpc) is 3.16. The second-order valence-electron chi connectivity index (χ2n) is 7.55. The number of benzene rings is 1. The standard InChI is InChI=1S/C19H27BrN6O4S/c1-24(2)6-3-11-31(28,29)26-9-7-25(8-10-26)14-4-5-15(20)16(12-14)22-18(27)17-13-30-19(21)23-17/h4-5,12-13H,3,6-11H2,1-2H3,(H2,21,23)(H,22,27). The van der Waals surface area contributed by atoms with Crippen LogP contribution in [0.5, 0.6) is 0 Å². The molecule has 1 aliphatic rings. The van der Waals surface area contributed by atoms with Crippen molar-refractivity contribution in [2.24, 2.45) is 0 Å². The molecular formula is C19H27BrN6O4S. The molecule has 2 aromatic rings. The van der Waals surface area contributed by atoms with Crippen molar-refractivity contribution in [2.45, 2.75) is 6.42 Å². The number of anilines is 3. The number of halogens is 1. The smallest absolute Gasteiger partial charge is 0.292 e. The zero-order valence-corrected chi connectivity index (χ0v) is 19.9. The number of piperazine rings is 1. The molecule has 0 bridgehead atoms. The van der Waals surface area contributed by atoms with Crippen molar-refractivity contribution in [2.75, 3.05) is 68.5 Å². The molecule has 2 heterocycles. The maximum atomic E-state index is 12.6. The third-order valence-electron chi connectivity index (χ3n) is 4.96. The number of carbonyl (C=O) groups is 1. The van der Waals surface area contributed by atoms with Crippen molar-refractivity contribution in [1.29, 1.82) is 0 Å². The molecule has 0 radical (unpaired) electrons. The summed E-state index contributed by atoms with van der Waals surface area (Å²) in [6, 6.07) is 5.53. The molecule has 0 unspecified atom stereocenters. The SMILES string of the molecule is CN(C)CCCS(=O)(=O)N1CCN(c2ccc(Br)c(NC(=O)c3coc(N)n3)c2)CC1. The fourth-order valence-electron chi connectivity index (χ4n) is 3.30. The summed E-state index contributed by atoms with van der Waals surface area (Å²) in [6.07, 6.45) is 1.81. The molecule has 3 N–H and O–H groups in total. The molecule has 0 atom stereocenters. The summed E-state index contributed by atoms with van der Waals surface area (Å²) < 4.78 is 32.3. The van der Waals surface area contributed by atoms with Crippen LogP contribution in [0.25, 0.3) is 0 Å². The van der Waals surface area contributed by atoms with Crippen molar-refractivity contribution in [1.82, 2.24) is 14.2 Å². The lowest BCUT2D eigenvalue weighted by molar-refractivity contribution is 0.102. The quantitative estimate of drug-likeness (QED) is 0.544. The fraction of sp³-hybridized carbons (Fsp3) is 0.474. The van der Waals surface area contributed by atoms with Crippen LogP contribution in [0.1, 0.15) is 16.9 Å². The molecule has 1 saturated heterocycles. The summed E-state index contributed by atoms with van der Waals surface area (Å²) >= 11 is 3.44. The molecule has 10 nitrogen and oxygen atoms in total. The van der Waals surface area contributed by atoms with Crippen LogP contribution < -0.4 is 16.0 Å². The van der Waals surface area contributed by atoms with Crippen molar-refractivity contribution in [3.8, 4) is 0 Å². The molecule has 0 saturated carbocycles. The van der Waals surface area contributed by atoms with Gasteiger partial charge in [0.05, 0.1) is 11.4 Å². The van der Waals surface area contributed by atoms with Gasteiger partial charge >= 0.3 is 0 Å². The Morgan fingerprint density at radius 2 is 2.00 bits per heavy atom. The molecular weight excluding hydrogens is 488 g/mol. The number of hydrogen-bond acceptors (Lipinski definition) is 8. The van der Waals surface area contributed by atoms with Gasteiger partial charge in [-0.3, -0.25) is 4.79 Å². The minimum absolute atomic E-state index is 0.0764. The first-order chi connectivity index (χ1) is 14.7. The van der Waals surface area contributed by atoms with Gasteiger partial charge in [-0.1, -0.05) is 0 Å². The second-order valence-corrected chi connectivity index (χ2v) is 10.5. The van der Waals surface area contributed by atoms with Gasteiger partial charge < -0.3 is 25.3 Å². The Hall–Kier alpha value is -2.15. The number of nitrogens with one attached hydrogen (secondary N) is 1. The molecule has 1 aliphatic heterocycles. The van der Waals surface area contributed by atoms with E-state index in [1.807, 2.05) is 37.2 Å². The zero-order valence-electron chi connectivity index (χ0n) is 17.5. The van der Waals surface area contributed by atoms with Crippen molar-refractivity contribution in [3.63, 3.8) is 0 Å². The highest BCUT2D eigenvalue weighted by Gasteiger charge is 2.27. The molecule has 1 fully saturated rings. The highest BCUT2D eigenvalue weighted by Crippen LogP contribution is 2.29. The zero-order chi connectivity index (χ0) is 22.6. The van der Waals surface area contributed by atoms with E-state index in [4.69, 9.17) is 10.2 Å². The Balaban J connectivity index is 1.61. The molecule has 0 aliphatic carbocycles. The maximum absolute atomic E-state index is 12.6. The molecule has 31 heavy (non-hydrogen) atoms. The number of nitrogens with zero attached hydrogens (tertiary/aromatic N) is 4. The summed E-state index contributed by atoms with van der Waals surface area (Å²) in [5.74, 6) is -0.279. The molecule has 1 aromatic carbocycles. The van der Waals surface area contributed by atoms with Gasteiger partial charge in [-0.05, 0) is 61.2 Å². The Bertz CT molecular complexity index is 1020. The van der Waals surface area contributed by atoms with Gasteiger partial charge in [0.1, 0.15) is 6.26 Å². The number of amides is 1. The molecule has 12 heteroatoms. The lowest BCUT2D eigenvalue weighted by Gasteiger charge is -2.35. The minimum atomic E-state index is -3.25. The van der Waals surface area contributed by atoms with Gasteiger partial charge in [-0.2, -0.15) is 9.29 Å². The first-order valence-electron chi connectivity index (χ1n) is 9.85. The van der Waals surface area contributed by atoms with E-state index in [-0.39, 0.29) is 17.5 Å². The monoisotopic (exact) mass is 514 g/mol. The topological polar surface area (TPSA) is 125 Å². The summed E-state index contributed by atoms with van der Waals surface area (Å²) in [5.41, 5.74) is 6.97. The molecule has 170 valence electrons. The fourth-order valence-corrected chi connectivity index (χ4v) is 5.12. The Morgan fingerprint density at radius 3 is 2.61 bits per heavy atom. The Morgan fingerprint density at radius 1 is 1.29 bits per heavy atom. The number of sulfonamides is 1. The van der Waals surface area contributed by atoms with Gasteiger partial charge in [-0.15, -0.1) is 0 Å². The van der Waals surface area contributed by atoms with E-state index in [1.54, 1.807) is 4.31 Å². The normalized spacial score (nSPS) is 15.4. The summed E-state index contributed by atoms with van der Waals surface area (Å²) in [7, 11) is 0.609. The summed E-state index contributed by atoms with van der Waals surface area (Å²) in [5, 5.41) is 2.78. The van der Waals surface area contributed by atoms with Gasteiger partial charge in [-0.25, -0.2) is 8.42 Å². The average molecular weight is 515 g/mol. The van der Waals surface area contributed by atoms with Crippen LogP contribution in [0.4, 0.5) is 17.4 Å². The second kappa shape index (κ2) is 9.98. The molecule has 3 rings (SSSR count). The van der Waals surface area contributed by atoms with Gasteiger partial charge in [0.15, 0.2) is 5.69 Å². The number of aromatic nitrogens is 1. The third kappa shape index (κ3) is 6.19. The van der Waals surface area contributed by atoms with Crippen LogP contribution in [0, 0.1) is 0 Å². The van der Waals surface area contributed by atoms with E-state index in [9.17, 15) is 13.2 Å². The summed E-state index contributed by atoms with van der Waals surface area (Å²) in [4.78, 5) is 20.2. The Labute approximate surface area is 190 Å². The van der Waals surface area contributed by atoms with Gasteiger partial charge in [0.2, 0.25) is 10.0 Å².